The lowest BCUT2D eigenvalue weighted by atomic mass is 10.1. The Morgan fingerprint density at radius 3 is 3.11 bits per heavy atom. The van der Waals surface area contributed by atoms with Gasteiger partial charge in [0.15, 0.2) is 0 Å². The van der Waals surface area contributed by atoms with Gasteiger partial charge in [-0.25, -0.2) is 4.98 Å². The monoisotopic (exact) mass is 266 g/mol. The third kappa shape index (κ3) is 3.33. The Morgan fingerprint density at radius 1 is 1.63 bits per heavy atom. The van der Waals surface area contributed by atoms with E-state index in [1.165, 1.54) is 12.8 Å². The number of aromatic nitrogens is 2. The summed E-state index contributed by atoms with van der Waals surface area (Å²) in [5.41, 5.74) is 1.20. The van der Waals surface area contributed by atoms with E-state index in [2.05, 4.69) is 33.6 Å². The Hall–Kier alpha value is -1.40. The maximum atomic E-state index is 11.5. The molecule has 1 aliphatic rings. The van der Waals surface area contributed by atoms with E-state index in [0.29, 0.717) is 12.6 Å². The van der Waals surface area contributed by atoms with Crippen LogP contribution in [0.3, 0.4) is 0 Å². The SMILES string of the molecule is COCC(=O)NC[C@H]1CN(C(C)C)Cc2cncn21. The minimum absolute atomic E-state index is 0.0779. The van der Waals surface area contributed by atoms with Crippen molar-refractivity contribution in [1.82, 2.24) is 19.8 Å². The molecule has 0 saturated heterocycles. The minimum atomic E-state index is -0.0779. The van der Waals surface area contributed by atoms with Gasteiger partial charge in [0, 0.05) is 39.0 Å². The molecule has 0 fully saturated rings. The third-order valence-electron chi connectivity index (χ3n) is 3.49. The predicted octanol–water partition coefficient (Wildman–Crippen LogP) is 0.411. The van der Waals surface area contributed by atoms with Crippen LogP contribution in [0.5, 0.6) is 0 Å². The van der Waals surface area contributed by atoms with Crippen molar-refractivity contribution in [2.75, 3.05) is 26.8 Å². The van der Waals surface area contributed by atoms with E-state index in [1.807, 2.05) is 12.5 Å². The van der Waals surface area contributed by atoms with Gasteiger partial charge in [-0.3, -0.25) is 9.69 Å². The molecule has 106 valence electrons. The second-order valence-electron chi connectivity index (χ2n) is 5.21. The topological polar surface area (TPSA) is 59.4 Å². The van der Waals surface area contributed by atoms with E-state index in [9.17, 15) is 4.79 Å². The zero-order valence-electron chi connectivity index (χ0n) is 11.8. The fourth-order valence-electron chi connectivity index (χ4n) is 2.38. The Bertz CT molecular complexity index is 430. The molecule has 0 aliphatic carbocycles. The quantitative estimate of drug-likeness (QED) is 0.838. The number of methoxy groups -OCH3 is 1. The van der Waals surface area contributed by atoms with Gasteiger partial charge in [0.05, 0.1) is 18.1 Å². The smallest absolute Gasteiger partial charge is 0.246 e. The zero-order chi connectivity index (χ0) is 13.8. The van der Waals surface area contributed by atoms with E-state index < -0.39 is 0 Å². The number of rotatable bonds is 5. The summed E-state index contributed by atoms with van der Waals surface area (Å²) >= 11 is 0. The molecule has 0 spiro atoms. The molecule has 1 atom stereocenters. The molecule has 1 N–H and O–H groups in total. The highest BCUT2D eigenvalue weighted by Crippen LogP contribution is 2.21. The Kier molecular flexibility index (Phi) is 4.55. The summed E-state index contributed by atoms with van der Waals surface area (Å²) in [7, 11) is 1.52. The van der Waals surface area contributed by atoms with Crippen LogP contribution in [-0.4, -0.2) is 53.2 Å². The van der Waals surface area contributed by atoms with Gasteiger partial charge in [-0.05, 0) is 13.8 Å². The van der Waals surface area contributed by atoms with Crippen molar-refractivity contribution in [3.8, 4) is 0 Å². The highest BCUT2D eigenvalue weighted by molar-refractivity contribution is 5.77. The normalized spacial score (nSPS) is 19.5. The molecule has 0 saturated carbocycles. The largest absolute Gasteiger partial charge is 0.375 e. The molecular formula is C13H22N4O2. The lowest BCUT2D eigenvalue weighted by Crippen LogP contribution is -2.45. The number of carbonyl (C=O) groups excluding carboxylic acids is 1. The molecular weight excluding hydrogens is 244 g/mol. The molecule has 1 aromatic heterocycles. The molecule has 0 aromatic carbocycles. The molecule has 19 heavy (non-hydrogen) atoms. The van der Waals surface area contributed by atoms with E-state index in [-0.39, 0.29) is 18.6 Å². The van der Waals surface area contributed by atoms with Crippen molar-refractivity contribution in [3.63, 3.8) is 0 Å². The summed E-state index contributed by atoms with van der Waals surface area (Å²) < 4.78 is 6.97. The molecule has 1 amide bonds. The number of nitrogens with one attached hydrogen (secondary N) is 1. The molecule has 0 unspecified atom stereocenters. The van der Waals surface area contributed by atoms with Crippen LogP contribution in [0.25, 0.3) is 0 Å². The van der Waals surface area contributed by atoms with Crippen LogP contribution in [0.2, 0.25) is 0 Å². The summed E-state index contributed by atoms with van der Waals surface area (Å²) in [4.78, 5) is 18.1. The molecule has 2 heterocycles. The Morgan fingerprint density at radius 2 is 2.42 bits per heavy atom. The van der Waals surface area contributed by atoms with Gasteiger partial charge in [-0.15, -0.1) is 0 Å². The fraction of sp³-hybridized carbons (Fsp3) is 0.692. The third-order valence-corrected chi connectivity index (χ3v) is 3.49. The van der Waals surface area contributed by atoms with Crippen LogP contribution in [0.15, 0.2) is 12.5 Å². The first-order valence-electron chi connectivity index (χ1n) is 6.62. The minimum Gasteiger partial charge on any atom is -0.375 e. The van der Waals surface area contributed by atoms with Crippen LogP contribution < -0.4 is 5.32 Å². The average Bonchev–Trinajstić information content (AvgIpc) is 2.84. The number of fused-ring (bicyclic) bond motifs is 1. The Labute approximate surface area is 113 Å². The van der Waals surface area contributed by atoms with Gasteiger partial charge in [-0.1, -0.05) is 0 Å². The van der Waals surface area contributed by atoms with Crippen LogP contribution in [-0.2, 0) is 16.1 Å². The summed E-state index contributed by atoms with van der Waals surface area (Å²) in [6.07, 6.45) is 3.75. The van der Waals surface area contributed by atoms with Crippen LogP contribution in [0.4, 0.5) is 0 Å². The molecule has 0 radical (unpaired) electrons. The zero-order valence-corrected chi connectivity index (χ0v) is 11.8. The van der Waals surface area contributed by atoms with Gasteiger partial charge in [0.25, 0.3) is 0 Å². The average molecular weight is 266 g/mol. The number of imidazole rings is 1. The van der Waals surface area contributed by atoms with Crippen molar-refractivity contribution in [2.24, 2.45) is 0 Å². The molecule has 1 aliphatic heterocycles. The number of amides is 1. The van der Waals surface area contributed by atoms with Crippen LogP contribution >= 0.6 is 0 Å². The number of ether oxygens (including phenoxy) is 1. The maximum absolute atomic E-state index is 11.5. The fourth-order valence-corrected chi connectivity index (χ4v) is 2.38. The lowest BCUT2D eigenvalue weighted by Gasteiger charge is -2.36. The summed E-state index contributed by atoms with van der Waals surface area (Å²) in [6, 6.07) is 0.718. The second-order valence-corrected chi connectivity index (χ2v) is 5.21. The van der Waals surface area contributed by atoms with Gasteiger partial charge >= 0.3 is 0 Å². The van der Waals surface area contributed by atoms with Crippen LogP contribution in [0.1, 0.15) is 25.6 Å². The van der Waals surface area contributed by atoms with E-state index in [0.717, 1.165) is 13.1 Å². The lowest BCUT2D eigenvalue weighted by molar-refractivity contribution is -0.124. The highest BCUT2D eigenvalue weighted by Gasteiger charge is 2.26. The first kappa shape index (κ1) is 14.0. The van der Waals surface area contributed by atoms with Gasteiger partial charge < -0.3 is 14.6 Å². The second kappa shape index (κ2) is 6.16. The summed E-state index contributed by atoms with van der Waals surface area (Å²) in [5.74, 6) is -0.0779. The van der Waals surface area contributed by atoms with Gasteiger partial charge in [0.2, 0.25) is 5.91 Å². The van der Waals surface area contributed by atoms with E-state index in [1.54, 1.807) is 0 Å². The molecule has 6 nitrogen and oxygen atoms in total. The van der Waals surface area contributed by atoms with Crippen LogP contribution in [0, 0.1) is 0 Å². The number of carbonyl (C=O) groups is 1. The van der Waals surface area contributed by atoms with E-state index >= 15 is 0 Å². The number of hydrogen-bond donors (Lipinski definition) is 1. The summed E-state index contributed by atoms with van der Waals surface area (Å²) in [6.45, 7) is 6.93. The number of hydrogen-bond acceptors (Lipinski definition) is 4. The van der Waals surface area contributed by atoms with Gasteiger partial charge in [-0.2, -0.15) is 0 Å². The van der Waals surface area contributed by atoms with Crippen molar-refractivity contribution < 1.29 is 9.53 Å². The highest BCUT2D eigenvalue weighted by atomic mass is 16.5. The molecule has 0 bridgehead atoms. The molecule has 2 rings (SSSR count). The van der Waals surface area contributed by atoms with E-state index in [4.69, 9.17) is 4.74 Å². The van der Waals surface area contributed by atoms with Crippen molar-refractivity contribution in [3.05, 3.63) is 18.2 Å². The van der Waals surface area contributed by atoms with Crippen molar-refractivity contribution >= 4 is 5.91 Å². The number of nitrogens with zero attached hydrogens (tertiary/aromatic N) is 3. The van der Waals surface area contributed by atoms with Crippen molar-refractivity contribution in [1.29, 1.82) is 0 Å². The first-order chi connectivity index (χ1) is 9.11. The standard InChI is InChI=1S/C13H22N4O2/c1-10(2)16-6-11-4-14-9-17(11)12(7-16)5-15-13(18)8-19-3/h4,9-10,12H,5-8H2,1-3H3,(H,15,18)/t12-/m0/s1. The Balaban J connectivity index is 2.01. The predicted molar refractivity (Wildman–Crippen MR) is 71.7 cm³/mol. The molecule has 6 heteroatoms. The van der Waals surface area contributed by atoms with Crippen molar-refractivity contribution in [2.45, 2.75) is 32.5 Å². The molecule has 1 aromatic rings. The maximum Gasteiger partial charge on any atom is 0.246 e. The summed E-state index contributed by atoms with van der Waals surface area (Å²) in [5, 5.41) is 2.90. The van der Waals surface area contributed by atoms with Gasteiger partial charge in [0.1, 0.15) is 6.61 Å². The first-order valence-corrected chi connectivity index (χ1v) is 6.62.